The average Bonchev–Trinajstić information content (AvgIpc) is 2.53. The minimum absolute atomic E-state index is 0.0843. The molecule has 0 aromatic rings. The third-order valence-corrected chi connectivity index (χ3v) is 5.12. The van der Waals surface area contributed by atoms with Crippen LogP contribution >= 0.6 is 0 Å². The largest absolute Gasteiger partial charge is 0.394 e. The summed E-state index contributed by atoms with van der Waals surface area (Å²) in [4.78, 5) is 11.8. The second kappa shape index (κ2) is 8.29. The van der Waals surface area contributed by atoms with Crippen LogP contribution in [0.15, 0.2) is 23.8 Å². The molecule has 1 aliphatic heterocycles. The number of allylic oxidation sites excluding steroid dienone is 3. The molecule has 0 aromatic heterocycles. The molecule has 1 heterocycles. The van der Waals surface area contributed by atoms with Gasteiger partial charge in [-0.25, -0.2) is 0 Å². The van der Waals surface area contributed by atoms with Gasteiger partial charge in [0.25, 0.3) is 0 Å². The molecule has 0 amide bonds. The lowest BCUT2D eigenvalue weighted by atomic mass is 9.68. The van der Waals surface area contributed by atoms with Crippen molar-refractivity contribution >= 4 is 5.78 Å². The normalized spacial score (nSPS) is 39.1. The number of ether oxygens (including phenoxy) is 2. The predicted molar refractivity (Wildman–Crippen MR) is 94.1 cm³/mol. The molecule has 7 atom stereocenters. The molecule has 26 heavy (non-hydrogen) atoms. The fraction of sp³-hybridized carbons (Fsp3) is 0.737. The topological polar surface area (TPSA) is 116 Å². The van der Waals surface area contributed by atoms with Gasteiger partial charge < -0.3 is 29.9 Å². The van der Waals surface area contributed by atoms with E-state index in [2.05, 4.69) is 0 Å². The van der Waals surface area contributed by atoms with Gasteiger partial charge in [0, 0.05) is 12.3 Å². The molecule has 148 valence electrons. The molecular formula is C19H30O7. The maximum atomic E-state index is 11.8. The minimum atomic E-state index is -1.46. The van der Waals surface area contributed by atoms with E-state index in [0.29, 0.717) is 6.42 Å². The van der Waals surface area contributed by atoms with Gasteiger partial charge in [-0.15, -0.1) is 0 Å². The van der Waals surface area contributed by atoms with Crippen molar-refractivity contribution < 1.29 is 34.7 Å². The summed E-state index contributed by atoms with van der Waals surface area (Å²) in [6.07, 6.45) is -0.958. The van der Waals surface area contributed by atoms with Crippen LogP contribution in [0.4, 0.5) is 0 Å². The Kier molecular flexibility index (Phi) is 6.76. The first kappa shape index (κ1) is 21.2. The van der Waals surface area contributed by atoms with Gasteiger partial charge >= 0.3 is 0 Å². The Bertz CT molecular complexity index is 566. The zero-order chi connectivity index (χ0) is 19.6. The van der Waals surface area contributed by atoms with E-state index in [1.807, 2.05) is 32.9 Å². The first-order chi connectivity index (χ1) is 12.1. The lowest BCUT2D eigenvalue weighted by molar-refractivity contribution is -0.306. The summed E-state index contributed by atoms with van der Waals surface area (Å²) in [6, 6.07) is 0. The number of aliphatic hydroxyl groups excluding tert-OH is 4. The number of hydrogen-bond donors (Lipinski definition) is 4. The van der Waals surface area contributed by atoms with E-state index in [-0.39, 0.29) is 17.1 Å². The molecule has 0 bridgehead atoms. The lowest BCUT2D eigenvalue weighted by Crippen LogP contribution is -2.59. The fourth-order valence-electron chi connectivity index (χ4n) is 3.69. The number of aliphatic hydroxyl groups is 4. The van der Waals surface area contributed by atoms with Crippen molar-refractivity contribution in [2.24, 2.45) is 11.3 Å². The van der Waals surface area contributed by atoms with Crippen LogP contribution in [-0.2, 0) is 14.3 Å². The lowest BCUT2D eigenvalue weighted by Gasteiger charge is -2.40. The summed E-state index contributed by atoms with van der Waals surface area (Å²) in [5, 5.41) is 38.9. The van der Waals surface area contributed by atoms with Gasteiger partial charge in [-0.1, -0.05) is 31.6 Å². The SMILES string of the molecule is CC1=CC(=O)CC(C)(C)[C@@H]1C=C[C@@H](C)O[C@@H]1O[C@H](CO)[C@@H](O)[C@H](O)[C@H]1O. The molecule has 7 nitrogen and oxygen atoms in total. The average molecular weight is 370 g/mol. The minimum Gasteiger partial charge on any atom is -0.394 e. The summed E-state index contributed by atoms with van der Waals surface area (Å²) >= 11 is 0. The maximum absolute atomic E-state index is 11.8. The third-order valence-electron chi connectivity index (χ3n) is 5.12. The highest BCUT2D eigenvalue weighted by Gasteiger charge is 2.44. The predicted octanol–water partition coefficient (Wildman–Crippen LogP) is 0.309. The first-order valence-electron chi connectivity index (χ1n) is 8.92. The second-order valence-electron chi connectivity index (χ2n) is 7.92. The Morgan fingerprint density at radius 3 is 2.54 bits per heavy atom. The van der Waals surface area contributed by atoms with Crippen molar-refractivity contribution in [3.8, 4) is 0 Å². The quantitative estimate of drug-likeness (QED) is 0.515. The summed E-state index contributed by atoms with van der Waals surface area (Å²) < 4.78 is 11.0. The standard InChI is InChI=1S/C19H30O7/c1-10-7-12(21)8-19(3,4)13(10)6-5-11(2)25-18-17(24)16(23)15(22)14(9-20)26-18/h5-7,11,13-18,20,22-24H,8-9H2,1-4H3/t11-,13-,14-,15-,16+,17-,18-/m1/s1. The van der Waals surface area contributed by atoms with Crippen LogP contribution in [0.25, 0.3) is 0 Å². The molecule has 4 N–H and O–H groups in total. The van der Waals surface area contributed by atoms with Gasteiger partial charge in [0.15, 0.2) is 12.1 Å². The van der Waals surface area contributed by atoms with Gasteiger partial charge in [-0.2, -0.15) is 0 Å². The van der Waals surface area contributed by atoms with Crippen molar-refractivity contribution in [1.29, 1.82) is 0 Å². The monoisotopic (exact) mass is 370 g/mol. The zero-order valence-electron chi connectivity index (χ0n) is 15.7. The van der Waals surface area contributed by atoms with Crippen LogP contribution in [0.2, 0.25) is 0 Å². The maximum Gasteiger partial charge on any atom is 0.187 e. The molecule has 0 aromatic carbocycles. The second-order valence-corrected chi connectivity index (χ2v) is 7.92. The molecule has 1 fully saturated rings. The summed E-state index contributed by atoms with van der Waals surface area (Å²) in [7, 11) is 0. The highest BCUT2D eigenvalue weighted by molar-refractivity contribution is 5.92. The van der Waals surface area contributed by atoms with Crippen LogP contribution in [0.5, 0.6) is 0 Å². The van der Waals surface area contributed by atoms with Gasteiger partial charge in [-0.3, -0.25) is 4.79 Å². The van der Waals surface area contributed by atoms with Crippen molar-refractivity contribution in [3.63, 3.8) is 0 Å². The molecule has 0 radical (unpaired) electrons. The Labute approximate surface area is 153 Å². The molecule has 0 saturated carbocycles. The summed E-state index contributed by atoms with van der Waals surface area (Å²) in [6.45, 7) is 7.28. The first-order valence-corrected chi connectivity index (χ1v) is 8.92. The van der Waals surface area contributed by atoms with Crippen molar-refractivity contribution in [1.82, 2.24) is 0 Å². The highest BCUT2D eigenvalue weighted by Crippen LogP contribution is 2.40. The van der Waals surface area contributed by atoms with Crippen LogP contribution in [0.1, 0.15) is 34.1 Å². The van der Waals surface area contributed by atoms with Gasteiger partial charge in [0.05, 0.1) is 12.7 Å². The molecular weight excluding hydrogens is 340 g/mol. The molecule has 2 aliphatic rings. The summed E-state index contributed by atoms with van der Waals surface area (Å²) in [5.41, 5.74) is 0.789. The van der Waals surface area contributed by atoms with Crippen LogP contribution in [-0.4, -0.2) is 69.6 Å². The van der Waals surface area contributed by atoms with E-state index >= 15 is 0 Å². The van der Waals surface area contributed by atoms with E-state index in [9.17, 15) is 25.2 Å². The molecule has 1 aliphatic carbocycles. The van der Waals surface area contributed by atoms with Crippen molar-refractivity contribution in [3.05, 3.63) is 23.8 Å². The number of rotatable bonds is 5. The van der Waals surface area contributed by atoms with Crippen LogP contribution in [0.3, 0.4) is 0 Å². The molecule has 7 heteroatoms. The number of carbonyl (C=O) groups is 1. The Hall–Kier alpha value is -1.09. The molecule has 0 unspecified atom stereocenters. The third kappa shape index (κ3) is 4.60. The molecule has 0 spiro atoms. The fourth-order valence-corrected chi connectivity index (χ4v) is 3.69. The smallest absolute Gasteiger partial charge is 0.187 e. The number of hydrogen-bond acceptors (Lipinski definition) is 7. The van der Waals surface area contributed by atoms with E-state index in [1.54, 1.807) is 13.0 Å². The number of ketones is 1. The Balaban J connectivity index is 2.03. The Morgan fingerprint density at radius 1 is 1.31 bits per heavy atom. The van der Waals surface area contributed by atoms with E-state index < -0.39 is 43.4 Å². The Morgan fingerprint density at radius 2 is 1.96 bits per heavy atom. The zero-order valence-corrected chi connectivity index (χ0v) is 15.7. The van der Waals surface area contributed by atoms with Gasteiger partial charge in [0.2, 0.25) is 0 Å². The highest BCUT2D eigenvalue weighted by atomic mass is 16.7. The van der Waals surface area contributed by atoms with Crippen LogP contribution in [0, 0.1) is 11.3 Å². The molecule has 1 saturated heterocycles. The summed E-state index contributed by atoms with van der Waals surface area (Å²) in [5.74, 6) is 0.212. The van der Waals surface area contributed by atoms with E-state index in [4.69, 9.17) is 9.47 Å². The molecule has 2 rings (SSSR count). The van der Waals surface area contributed by atoms with Crippen molar-refractivity contribution in [2.45, 2.75) is 70.9 Å². The van der Waals surface area contributed by atoms with Crippen molar-refractivity contribution in [2.75, 3.05) is 6.61 Å². The number of carbonyl (C=O) groups excluding carboxylic acids is 1. The van der Waals surface area contributed by atoms with Gasteiger partial charge in [0.1, 0.15) is 24.4 Å². The van der Waals surface area contributed by atoms with E-state index in [0.717, 1.165) is 5.57 Å². The van der Waals surface area contributed by atoms with E-state index in [1.165, 1.54) is 0 Å². The van der Waals surface area contributed by atoms with Gasteiger partial charge in [-0.05, 0) is 25.3 Å². The van der Waals surface area contributed by atoms with Crippen LogP contribution < -0.4 is 0 Å².